The first kappa shape index (κ1) is 16.2. The zero-order valence-corrected chi connectivity index (χ0v) is 15.4. The molecule has 0 spiro atoms. The van der Waals surface area contributed by atoms with Crippen molar-refractivity contribution in [3.8, 4) is 0 Å². The van der Waals surface area contributed by atoms with E-state index in [0.29, 0.717) is 5.92 Å². The van der Waals surface area contributed by atoms with Crippen molar-refractivity contribution in [1.29, 1.82) is 0 Å². The normalized spacial score (nSPS) is 26.9. The first-order valence-corrected chi connectivity index (χ1v) is 10.8. The maximum Gasteiger partial charge on any atom is 0.214 e. The van der Waals surface area contributed by atoms with Gasteiger partial charge < -0.3 is 4.98 Å². The molecule has 3 aromatic rings. The summed E-state index contributed by atoms with van der Waals surface area (Å²) in [6.45, 7) is 2.16. The number of nitrogens with one attached hydrogen (secondary N) is 2. The Morgan fingerprint density at radius 1 is 1.31 bits per heavy atom. The summed E-state index contributed by atoms with van der Waals surface area (Å²) in [5, 5.41) is 8.58. The molecule has 1 unspecified atom stereocenters. The van der Waals surface area contributed by atoms with E-state index in [9.17, 15) is 8.42 Å². The molecule has 2 fully saturated rings. The molecule has 0 radical (unpaired) electrons. The summed E-state index contributed by atoms with van der Waals surface area (Å²) in [6.07, 6.45) is 7.76. The van der Waals surface area contributed by atoms with E-state index in [-0.39, 0.29) is 17.2 Å². The van der Waals surface area contributed by atoms with Crippen molar-refractivity contribution in [2.45, 2.75) is 56.2 Å². The van der Waals surface area contributed by atoms with Crippen LogP contribution in [0.25, 0.3) is 16.8 Å². The average Bonchev–Trinajstić information content (AvgIpc) is 3.06. The Morgan fingerprint density at radius 2 is 2.15 bits per heavy atom. The number of hydrogen-bond donors (Lipinski definition) is 2. The molecule has 3 heterocycles. The van der Waals surface area contributed by atoms with Gasteiger partial charge in [0.15, 0.2) is 11.3 Å². The predicted molar refractivity (Wildman–Crippen MR) is 97.3 cm³/mol. The van der Waals surface area contributed by atoms with E-state index in [1.807, 2.05) is 12.3 Å². The first-order valence-electron chi connectivity index (χ1n) is 9.25. The van der Waals surface area contributed by atoms with Crippen LogP contribution in [0.3, 0.4) is 0 Å². The highest BCUT2D eigenvalue weighted by Crippen LogP contribution is 2.42. The lowest BCUT2D eigenvalue weighted by molar-refractivity contribution is 0.449. The minimum absolute atomic E-state index is 0.0218. The van der Waals surface area contributed by atoms with Crippen LogP contribution < -0.4 is 4.72 Å². The number of nitrogens with zero attached hydrogens (tertiary/aromatic N) is 4. The highest BCUT2D eigenvalue weighted by atomic mass is 32.2. The summed E-state index contributed by atoms with van der Waals surface area (Å²) in [5.74, 6) is 1.48. The number of sulfonamides is 1. The molecule has 5 rings (SSSR count). The van der Waals surface area contributed by atoms with E-state index in [0.717, 1.165) is 54.7 Å². The van der Waals surface area contributed by atoms with Crippen LogP contribution in [0.5, 0.6) is 0 Å². The van der Waals surface area contributed by atoms with Crippen molar-refractivity contribution in [2.24, 2.45) is 5.92 Å². The van der Waals surface area contributed by atoms with Gasteiger partial charge in [-0.25, -0.2) is 18.1 Å². The molecule has 26 heavy (non-hydrogen) atoms. The summed E-state index contributed by atoms with van der Waals surface area (Å²) in [5.41, 5.74) is 2.49. The lowest BCUT2D eigenvalue weighted by Gasteiger charge is -2.16. The largest absolute Gasteiger partial charge is 0.345 e. The molecule has 9 heteroatoms. The standard InChI is InChI=1S/C17H22N6O2S/c1-2-10-7-11(22-26(24,25)12-3-4-12)8-13(10)17-21-20-15-9-19-16-14(23(15)17)5-6-18-16/h5-6,9-13,18,22H,2-4,7-8H2,1H3/t10-,11+,13?/m1/s1. The molecular weight excluding hydrogens is 352 g/mol. The van der Waals surface area contributed by atoms with Crippen molar-refractivity contribution in [1.82, 2.24) is 29.3 Å². The number of aromatic nitrogens is 5. The SMILES string of the molecule is CC[C@@H]1C[C@H](NS(=O)(=O)C2CC2)CC1c1nnc2cnc3[nH]ccc3n12. The van der Waals surface area contributed by atoms with Gasteiger partial charge in [-0.2, -0.15) is 0 Å². The van der Waals surface area contributed by atoms with E-state index in [2.05, 4.69) is 36.2 Å². The van der Waals surface area contributed by atoms with Gasteiger partial charge in [-0.15, -0.1) is 10.2 Å². The molecule has 2 aliphatic carbocycles. The van der Waals surface area contributed by atoms with Gasteiger partial charge in [0.2, 0.25) is 10.0 Å². The third-order valence-electron chi connectivity index (χ3n) is 5.81. The molecule has 0 bridgehead atoms. The van der Waals surface area contributed by atoms with Crippen molar-refractivity contribution in [2.75, 3.05) is 0 Å². The van der Waals surface area contributed by atoms with Crippen LogP contribution >= 0.6 is 0 Å². The number of rotatable bonds is 5. The zero-order chi connectivity index (χ0) is 17.9. The molecule has 2 N–H and O–H groups in total. The smallest absolute Gasteiger partial charge is 0.214 e. The monoisotopic (exact) mass is 374 g/mol. The van der Waals surface area contributed by atoms with Gasteiger partial charge in [-0.3, -0.25) is 4.40 Å². The van der Waals surface area contributed by atoms with Crippen molar-refractivity contribution >= 4 is 26.8 Å². The van der Waals surface area contributed by atoms with Gasteiger partial charge in [-0.1, -0.05) is 13.3 Å². The first-order chi connectivity index (χ1) is 12.6. The number of H-pyrrole nitrogens is 1. The fourth-order valence-corrected chi connectivity index (χ4v) is 5.94. The Bertz CT molecular complexity index is 1070. The van der Waals surface area contributed by atoms with Gasteiger partial charge in [0.25, 0.3) is 0 Å². The molecule has 0 amide bonds. The van der Waals surface area contributed by atoms with Crippen molar-refractivity contribution in [3.05, 3.63) is 24.3 Å². The summed E-state index contributed by atoms with van der Waals surface area (Å²) in [6, 6.07) is 1.96. The second-order valence-electron chi connectivity index (χ2n) is 7.53. The van der Waals surface area contributed by atoms with E-state index >= 15 is 0 Å². The van der Waals surface area contributed by atoms with E-state index in [4.69, 9.17) is 0 Å². The maximum absolute atomic E-state index is 12.3. The summed E-state index contributed by atoms with van der Waals surface area (Å²) < 4.78 is 29.7. The van der Waals surface area contributed by atoms with Crippen LogP contribution in [0.2, 0.25) is 0 Å². The second kappa shape index (κ2) is 5.75. The molecule has 0 saturated heterocycles. The number of aromatic amines is 1. The molecule has 3 aromatic heterocycles. The minimum atomic E-state index is -3.17. The minimum Gasteiger partial charge on any atom is -0.345 e. The Labute approximate surface area is 151 Å². The third-order valence-corrected chi connectivity index (χ3v) is 7.82. The highest BCUT2D eigenvalue weighted by molar-refractivity contribution is 7.90. The Morgan fingerprint density at radius 3 is 2.92 bits per heavy atom. The summed E-state index contributed by atoms with van der Waals surface area (Å²) in [4.78, 5) is 7.49. The molecule has 0 aliphatic heterocycles. The van der Waals surface area contributed by atoms with Crippen LogP contribution in [0.1, 0.15) is 50.8 Å². The molecule has 138 valence electrons. The summed E-state index contributed by atoms with van der Waals surface area (Å²) in [7, 11) is -3.17. The Balaban J connectivity index is 1.50. The lowest BCUT2D eigenvalue weighted by Crippen LogP contribution is -2.35. The molecule has 8 nitrogen and oxygen atoms in total. The lowest BCUT2D eigenvalue weighted by atomic mass is 9.93. The molecule has 3 atom stereocenters. The van der Waals surface area contributed by atoms with Crippen molar-refractivity contribution < 1.29 is 8.42 Å². The van der Waals surface area contributed by atoms with Crippen molar-refractivity contribution in [3.63, 3.8) is 0 Å². The Hall–Kier alpha value is -2.00. The molecule has 2 aliphatic rings. The van der Waals surface area contributed by atoms with E-state index < -0.39 is 10.0 Å². The van der Waals surface area contributed by atoms with Gasteiger partial charge in [0, 0.05) is 18.2 Å². The molecule has 2 saturated carbocycles. The third kappa shape index (κ3) is 2.52. The molecular formula is C17H22N6O2S. The van der Waals surface area contributed by atoms with Crippen LogP contribution in [0, 0.1) is 5.92 Å². The van der Waals surface area contributed by atoms with Crippen LogP contribution in [0.15, 0.2) is 18.5 Å². The predicted octanol–water partition coefficient (Wildman–Crippen LogP) is 1.96. The Kier molecular flexibility index (Phi) is 3.58. The van der Waals surface area contributed by atoms with Crippen LogP contribution in [-0.4, -0.2) is 44.3 Å². The molecule has 0 aromatic carbocycles. The van der Waals surface area contributed by atoms with E-state index in [1.54, 1.807) is 6.20 Å². The van der Waals surface area contributed by atoms with Crippen LogP contribution in [0.4, 0.5) is 0 Å². The fourth-order valence-electron chi connectivity index (χ4n) is 4.33. The van der Waals surface area contributed by atoms with E-state index in [1.165, 1.54) is 0 Å². The quantitative estimate of drug-likeness (QED) is 0.710. The number of hydrogen-bond acceptors (Lipinski definition) is 5. The topological polar surface area (TPSA) is 105 Å². The maximum atomic E-state index is 12.3. The zero-order valence-electron chi connectivity index (χ0n) is 14.6. The van der Waals surface area contributed by atoms with Gasteiger partial charge in [0.1, 0.15) is 5.82 Å². The fraction of sp³-hybridized carbons (Fsp3) is 0.588. The van der Waals surface area contributed by atoms with Gasteiger partial charge in [0.05, 0.1) is 17.0 Å². The highest BCUT2D eigenvalue weighted by Gasteiger charge is 2.42. The van der Waals surface area contributed by atoms with Crippen LogP contribution in [-0.2, 0) is 10.0 Å². The number of fused-ring (bicyclic) bond motifs is 3. The summed E-state index contributed by atoms with van der Waals surface area (Å²) >= 11 is 0. The second-order valence-corrected chi connectivity index (χ2v) is 9.52. The van der Waals surface area contributed by atoms with Gasteiger partial charge >= 0.3 is 0 Å². The average molecular weight is 374 g/mol. The van der Waals surface area contributed by atoms with Gasteiger partial charge in [-0.05, 0) is 37.7 Å².